The molecule has 130 valence electrons. The highest BCUT2D eigenvalue weighted by Gasteiger charge is 2.14. The lowest BCUT2D eigenvalue weighted by Crippen LogP contribution is -2.39. The van der Waals surface area contributed by atoms with Crippen LogP contribution in [0.1, 0.15) is 15.3 Å². The van der Waals surface area contributed by atoms with E-state index in [1.807, 2.05) is 31.4 Å². The monoisotopic (exact) mass is 392 g/mol. The maximum absolute atomic E-state index is 12.0. The van der Waals surface area contributed by atoms with Crippen molar-refractivity contribution in [2.45, 2.75) is 25.4 Å². The summed E-state index contributed by atoms with van der Waals surface area (Å²) >= 11 is 4.47. The number of imide groups is 1. The van der Waals surface area contributed by atoms with E-state index < -0.39 is 6.03 Å². The lowest BCUT2D eigenvalue weighted by Gasteiger charge is -2.06. The van der Waals surface area contributed by atoms with Crippen molar-refractivity contribution < 1.29 is 9.59 Å². The minimum absolute atomic E-state index is 0.118. The highest BCUT2D eigenvalue weighted by molar-refractivity contribution is 8.00. The van der Waals surface area contributed by atoms with E-state index in [1.54, 1.807) is 22.7 Å². The summed E-state index contributed by atoms with van der Waals surface area (Å²) in [5.41, 5.74) is 1.14. The SMILES string of the molecule is Cc1sc2ncnc(SCC(=O)NC(=O)NCc3cccs3)c2c1C. The summed E-state index contributed by atoms with van der Waals surface area (Å²) in [7, 11) is 0. The van der Waals surface area contributed by atoms with Gasteiger partial charge in [-0.25, -0.2) is 14.8 Å². The van der Waals surface area contributed by atoms with Gasteiger partial charge in [-0.3, -0.25) is 10.1 Å². The van der Waals surface area contributed by atoms with E-state index in [2.05, 4.69) is 20.6 Å². The molecule has 0 saturated carbocycles. The van der Waals surface area contributed by atoms with Gasteiger partial charge in [0.05, 0.1) is 12.3 Å². The Kier molecular flexibility index (Phi) is 5.67. The number of thiophene rings is 2. The molecule has 0 atom stereocenters. The van der Waals surface area contributed by atoms with Crippen LogP contribution < -0.4 is 10.6 Å². The minimum atomic E-state index is -0.491. The molecular formula is C16H16N4O2S3. The molecule has 0 saturated heterocycles. The Morgan fingerprint density at radius 3 is 2.88 bits per heavy atom. The first-order valence-corrected chi connectivity index (χ1v) is 10.2. The first-order chi connectivity index (χ1) is 12.0. The second kappa shape index (κ2) is 7.94. The van der Waals surface area contributed by atoms with Crippen LogP contribution in [-0.2, 0) is 11.3 Å². The standard InChI is InChI=1S/C16H16N4O2S3/c1-9-10(2)25-15-13(9)14(18-8-19-15)24-7-12(21)20-16(22)17-6-11-4-3-5-23-11/h3-5,8H,6-7H2,1-2H3,(H2,17,20,21,22). The second-order valence-electron chi connectivity index (χ2n) is 5.24. The Bertz CT molecular complexity index is 906. The van der Waals surface area contributed by atoms with Crippen LogP contribution in [-0.4, -0.2) is 27.7 Å². The molecule has 0 radical (unpaired) electrons. The van der Waals surface area contributed by atoms with Gasteiger partial charge in [-0.1, -0.05) is 17.8 Å². The van der Waals surface area contributed by atoms with Crippen LogP contribution >= 0.6 is 34.4 Å². The van der Waals surface area contributed by atoms with Crippen molar-refractivity contribution in [3.63, 3.8) is 0 Å². The summed E-state index contributed by atoms with van der Waals surface area (Å²) in [6.45, 7) is 4.48. The molecule has 3 aromatic heterocycles. The third-order valence-corrected chi connectivity index (χ3v) is 6.51. The number of rotatable bonds is 5. The Morgan fingerprint density at radius 1 is 1.28 bits per heavy atom. The average molecular weight is 393 g/mol. The van der Waals surface area contributed by atoms with Crippen molar-refractivity contribution >= 4 is 56.6 Å². The van der Waals surface area contributed by atoms with Crippen molar-refractivity contribution in [2.24, 2.45) is 0 Å². The first-order valence-electron chi connectivity index (χ1n) is 7.48. The summed E-state index contributed by atoms with van der Waals surface area (Å²) in [4.78, 5) is 35.4. The number of aryl methyl sites for hydroxylation is 2. The first kappa shape index (κ1) is 17.8. The van der Waals surface area contributed by atoms with Gasteiger partial charge in [0.1, 0.15) is 16.2 Å². The number of aromatic nitrogens is 2. The third kappa shape index (κ3) is 4.36. The second-order valence-corrected chi connectivity index (χ2v) is 8.44. The Balaban J connectivity index is 1.55. The molecule has 3 heterocycles. The minimum Gasteiger partial charge on any atom is -0.333 e. The van der Waals surface area contributed by atoms with Gasteiger partial charge in [0.15, 0.2) is 0 Å². The summed E-state index contributed by atoms with van der Waals surface area (Å²) < 4.78 is 0. The van der Waals surface area contributed by atoms with Crippen LogP contribution in [0, 0.1) is 13.8 Å². The van der Waals surface area contributed by atoms with Crippen LogP contribution in [0.4, 0.5) is 4.79 Å². The van der Waals surface area contributed by atoms with Crippen LogP contribution in [0.25, 0.3) is 10.2 Å². The van der Waals surface area contributed by atoms with Crippen LogP contribution in [0.3, 0.4) is 0 Å². The third-order valence-electron chi connectivity index (χ3n) is 3.53. The molecule has 0 aliphatic carbocycles. The van der Waals surface area contributed by atoms with Gasteiger partial charge in [-0.15, -0.1) is 22.7 Å². The number of amides is 3. The summed E-state index contributed by atoms with van der Waals surface area (Å²) in [6.07, 6.45) is 1.51. The van der Waals surface area contributed by atoms with Crippen molar-refractivity contribution in [1.29, 1.82) is 0 Å². The van der Waals surface area contributed by atoms with Gasteiger partial charge in [0, 0.05) is 15.1 Å². The summed E-state index contributed by atoms with van der Waals surface area (Å²) in [5.74, 6) is -0.239. The van der Waals surface area contributed by atoms with Gasteiger partial charge in [0.2, 0.25) is 5.91 Å². The van der Waals surface area contributed by atoms with E-state index in [1.165, 1.54) is 23.0 Å². The molecule has 6 nitrogen and oxygen atoms in total. The number of urea groups is 1. The van der Waals surface area contributed by atoms with Gasteiger partial charge in [0.25, 0.3) is 0 Å². The van der Waals surface area contributed by atoms with E-state index in [0.717, 1.165) is 25.7 Å². The van der Waals surface area contributed by atoms with E-state index in [4.69, 9.17) is 0 Å². The number of hydrogen-bond donors (Lipinski definition) is 2. The van der Waals surface area contributed by atoms with Crippen molar-refractivity contribution in [3.05, 3.63) is 39.2 Å². The van der Waals surface area contributed by atoms with Gasteiger partial charge in [-0.05, 0) is 30.9 Å². The summed E-state index contributed by atoms with van der Waals surface area (Å²) in [6, 6.07) is 3.35. The molecule has 0 aliphatic rings. The molecule has 0 aromatic carbocycles. The lowest BCUT2D eigenvalue weighted by molar-refractivity contribution is -0.117. The van der Waals surface area contributed by atoms with Crippen molar-refractivity contribution in [1.82, 2.24) is 20.6 Å². The highest BCUT2D eigenvalue weighted by atomic mass is 32.2. The normalized spacial score (nSPS) is 10.8. The Labute approximate surface area is 157 Å². The van der Waals surface area contributed by atoms with Crippen LogP contribution in [0.5, 0.6) is 0 Å². The topological polar surface area (TPSA) is 84.0 Å². The number of nitrogens with one attached hydrogen (secondary N) is 2. The molecule has 0 unspecified atom stereocenters. The summed E-state index contributed by atoms with van der Waals surface area (Å²) in [5, 5.41) is 8.69. The Hall–Kier alpha value is -1.97. The Morgan fingerprint density at radius 2 is 2.12 bits per heavy atom. The quantitative estimate of drug-likeness (QED) is 0.513. The predicted molar refractivity (Wildman–Crippen MR) is 102 cm³/mol. The largest absolute Gasteiger partial charge is 0.333 e. The molecule has 9 heteroatoms. The predicted octanol–water partition coefficient (Wildman–Crippen LogP) is 3.49. The molecule has 0 aliphatic heterocycles. The smallest absolute Gasteiger partial charge is 0.321 e. The van der Waals surface area contributed by atoms with E-state index in [0.29, 0.717) is 6.54 Å². The molecule has 25 heavy (non-hydrogen) atoms. The molecular weight excluding hydrogens is 376 g/mol. The lowest BCUT2D eigenvalue weighted by atomic mass is 10.2. The average Bonchev–Trinajstić information content (AvgIpc) is 3.20. The molecule has 0 spiro atoms. The molecule has 2 N–H and O–H groups in total. The van der Waals surface area contributed by atoms with Gasteiger partial charge >= 0.3 is 6.03 Å². The number of carbonyl (C=O) groups excluding carboxylic acids is 2. The van der Waals surface area contributed by atoms with Crippen molar-refractivity contribution in [3.8, 4) is 0 Å². The van der Waals surface area contributed by atoms with Gasteiger partial charge in [-0.2, -0.15) is 0 Å². The van der Waals surface area contributed by atoms with E-state index >= 15 is 0 Å². The number of carbonyl (C=O) groups is 2. The zero-order chi connectivity index (χ0) is 17.8. The van der Waals surface area contributed by atoms with Crippen LogP contribution in [0.2, 0.25) is 0 Å². The van der Waals surface area contributed by atoms with E-state index in [-0.39, 0.29) is 11.7 Å². The zero-order valence-corrected chi connectivity index (χ0v) is 16.1. The molecule has 3 aromatic rings. The number of thioether (sulfide) groups is 1. The maximum Gasteiger partial charge on any atom is 0.321 e. The maximum atomic E-state index is 12.0. The van der Waals surface area contributed by atoms with Crippen LogP contribution in [0.15, 0.2) is 28.9 Å². The van der Waals surface area contributed by atoms with Gasteiger partial charge < -0.3 is 5.32 Å². The molecule has 0 fully saturated rings. The molecule has 0 bridgehead atoms. The number of hydrogen-bond acceptors (Lipinski definition) is 7. The zero-order valence-electron chi connectivity index (χ0n) is 13.7. The fraction of sp³-hybridized carbons (Fsp3) is 0.250. The highest BCUT2D eigenvalue weighted by Crippen LogP contribution is 2.34. The van der Waals surface area contributed by atoms with E-state index in [9.17, 15) is 9.59 Å². The fourth-order valence-corrected chi connectivity index (χ4v) is 4.74. The fourth-order valence-electron chi connectivity index (χ4n) is 2.18. The molecule has 3 amide bonds. The number of fused-ring (bicyclic) bond motifs is 1. The number of nitrogens with zero attached hydrogens (tertiary/aromatic N) is 2. The van der Waals surface area contributed by atoms with Crippen molar-refractivity contribution in [2.75, 3.05) is 5.75 Å². The molecule has 3 rings (SSSR count).